The van der Waals surface area contributed by atoms with Crippen LogP contribution in [-0.4, -0.2) is 14.8 Å². The van der Waals surface area contributed by atoms with Crippen LogP contribution in [0.25, 0.3) is 0 Å². The summed E-state index contributed by atoms with van der Waals surface area (Å²) < 4.78 is 2.07. The van der Waals surface area contributed by atoms with Gasteiger partial charge >= 0.3 is 0 Å². The van der Waals surface area contributed by atoms with Crippen molar-refractivity contribution in [2.45, 2.75) is 53.0 Å². The zero-order chi connectivity index (χ0) is 12.1. The maximum atomic E-state index is 6.11. The molecule has 0 saturated heterocycles. The average molecular weight is 242 g/mol. The van der Waals surface area contributed by atoms with E-state index in [-0.39, 0.29) is 5.41 Å². The molecule has 16 heavy (non-hydrogen) atoms. The van der Waals surface area contributed by atoms with Crippen molar-refractivity contribution in [3.63, 3.8) is 0 Å². The lowest BCUT2D eigenvalue weighted by Crippen LogP contribution is -2.20. The number of hydrogen-bond acceptors (Lipinski definition) is 2. The lowest BCUT2D eigenvalue weighted by Gasteiger charge is -2.19. The lowest BCUT2D eigenvalue weighted by atomic mass is 9.95. The van der Waals surface area contributed by atoms with Gasteiger partial charge in [0, 0.05) is 12.0 Å². The minimum Gasteiger partial charge on any atom is -0.301 e. The average Bonchev–Trinajstić information content (AvgIpc) is 2.52. The second-order valence-corrected chi connectivity index (χ2v) is 6.88. The molecule has 1 heterocycles. The Labute approximate surface area is 102 Å². The monoisotopic (exact) mass is 241 g/mol. The van der Waals surface area contributed by atoms with Crippen LogP contribution in [0.5, 0.6) is 0 Å². The highest BCUT2D eigenvalue weighted by Crippen LogP contribution is 2.52. The molecule has 0 bridgehead atoms. The second kappa shape index (κ2) is 3.46. The number of aromatic nitrogens is 3. The maximum absolute atomic E-state index is 6.11. The molecule has 1 fully saturated rings. The molecule has 4 heteroatoms. The largest absolute Gasteiger partial charge is 0.301 e. The van der Waals surface area contributed by atoms with Gasteiger partial charge in [-0.25, -0.2) is 0 Å². The molecule has 90 valence electrons. The summed E-state index contributed by atoms with van der Waals surface area (Å²) in [7, 11) is 0. The van der Waals surface area contributed by atoms with E-state index >= 15 is 0 Å². The van der Waals surface area contributed by atoms with Crippen molar-refractivity contribution in [3.8, 4) is 0 Å². The fourth-order valence-corrected chi connectivity index (χ4v) is 2.30. The highest BCUT2D eigenvalue weighted by atomic mass is 35.5. The van der Waals surface area contributed by atoms with Crippen LogP contribution in [0.15, 0.2) is 0 Å². The predicted octanol–water partition coefficient (Wildman–Crippen LogP) is 3.28. The number of nitrogens with zero attached hydrogens (tertiary/aromatic N) is 3. The van der Waals surface area contributed by atoms with E-state index in [0.29, 0.717) is 16.6 Å². The highest BCUT2D eigenvalue weighted by molar-refractivity contribution is 6.28. The van der Waals surface area contributed by atoms with E-state index in [1.165, 1.54) is 6.42 Å². The summed E-state index contributed by atoms with van der Waals surface area (Å²) in [5, 5.41) is 8.71. The van der Waals surface area contributed by atoms with Crippen molar-refractivity contribution in [2.24, 2.45) is 11.3 Å². The molecule has 0 aliphatic heterocycles. The Morgan fingerprint density at radius 2 is 1.94 bits per heavy atom. The van der Waals surface area contributed by atoms with Crippen molar-refractivity contribution in [1.29, 1.82) is 0 Å². The van der Waals surface area contributed by atoms with Crippen LogP contribution in [0.4, 0.5) is 0 Å². The molecular formula is C12H20ClN3. The van der Waals surface area contributed by atoms with E-state index in [1.54, 1.807) is 0 Å². The van der Waals surface area contributed by atoms with Crippen LogP contribution in [-0.2, 0) is 12.0 Å². The zero-order valence-corrected chi connectivity index (χ0v) is 11.5. The molecule has 0 N–H and O–H groups in total. The van der Waals surface area contributed by atoms with E-state index < -0.39 is 0 Å². The van der Waals surface area contributed by atoms with Crippen molar-refractivity contribution < 1.29 is 0 Å². The Bertz CT molecular complexity index is 401. The zero-order valence-electron chi connectivity index (χ0n) is 10.7. The molecule has 0 spiro atoms. The smallest absolute Gasteiger partial charge is 0.225 e. The summed E-state index contributed by atoms with van der Waals surface area (Å²) in [5.41, 5.74) is 0.460. The fraction of sp³-hybridized carbons (Fsp3) is 0.833. The molecule has 2 rings (SSSR count). The highest BCUT2D eigenvalue weighted by Gasteiger charge is 2.46. The first-order chi connectivity index (χ1) is 7.22. The Balaban J connectivity index is 2.23. The van der Waals surface area contributed by atoms with E-state index in [0.717, 1.165) is 12.4 Å². The van der Waals surface area contributed by atoms with Gasteiger partial charge in [0.05, 0.1) is 0 Å². The molecule has 3 nitrogen and oxygen atoms in total. The Hall–Kier alpha value is -0.570. The molecule has 0 radical (unpaired) electrons. The van der Waals surface area contributed by atoms with Gasteiger partial charge in [-0.3, -0.25) is 0 Å². The molecule has 1 saturated carbocycles. The summed E-state index contributed by atoms with van der Waals surface area (Å²) in [5.74, 6) is 1.70. The summed E-state index contributed by atoms with van der Waals surface area (Å²) in [6.45, 7) is 12.0. The molecule has 1 aromatic rings. The van der Waals surface area contributed by atoms with E-state index in [2.05, 4.69) is 49.4 Å². The van der Waals surface area contributed by atoms with Crippen LogP contribution in [0.1, 0.15) is 46.9 Å². The molecule has 1 aromatic heterocycles. The maximum Gasteiger partial charge on any atom is 0.225 e. The van der Waals surface area contributed by atoms with Crippen LogP contribution in [0.3, 0.4) is 0 Å². The van der Waals surface area contributed by atoms with Crippen LogP contribution >= 0.6 is 11.6 Å². The Morgan fingerprint density at radius 3 is 2.38 bits per heavy atom. The quantitative estimate of drug-likeness (QED) is 0.796. The van der Waals surface area contributed by atoms with Gasteiger partial charge < -0.3 is 4.57 Å². The molecule has 1 atom stereocenters. The fourth-order valence-electron chi connectivity index (χ4n) is 2.11. The van der Waals surface area contributed by atoms with Gasteiger partial charge in [-0.05, 0) is 29.4 Å². The molecule has 0 amide bonds. The third-order valence-electron chi connectivity index (χ3n) is 3.50. The molecular weight excluding hydrogens is 222 g/mol. The third-order valence-corrected chi connectivity index (χ3v) is 3.78. The Kier molecular flexibility index (Phi) is 2.57. The summed E-state index contributed by atoms with van der Waals surface area (Å²) in [4.78, 5) is 0. The first-order valence-electron chi connectivity index (χ1n) is 5.81. The molecule has 1 unspecified atom stereocenters. The van der Waals surface area contributed by atoms with Gasteiger partial charge in [-0.2, -0.15) is 0 Å². The van der Waals surface area contributed by atoms with E-state index in [9.17, 15) is 0 Å². The van der Waals surface area contributed by atoms with E-state index in [4.69, 9.17) is 11.6 Å². The van der Waals surface area contributed by atoms with Crippen molar-refractivity contribution >= 4 is 11.6 Å². The summed E-state index contributed by atoms with van der Waals surface area (Å²) in [6, 6.07) is 0. The standard InChI is InChI=1S/C12H20ClN3/c1-11(2,3)9-14-15-10(13)16(9)7-8-6-12(8,4)5/h8H,6-7H2,1-5H3. The normalized spacial score (nSPS) is 23.5. The number of rotatable bonds is 2. The Morgan fingerprint density at radius 1 is 1.38 bits per heavy atom. The number of hydrogen-bond donors (Lipinski definition) is 0. The minimum absolute atomic E-state index is 0.000821. The SMILES string of the molecule is CC(C)(C)c1nnc(Cl)n1CC1CC1(C)C. The van der Waals surface area contributed by atoms with Crippen molar-refractivity contribution in [3.05, 3.63) is 11.1 Å². The van der Waals surface area contributed by atoms with Crippen LogP contribution in [0, 0.1) is 11.3 Å². The van der Waals surface area contributed by atoms with Crippen LogP contribution in [0.2, 0.25) is 5.28 Å². The summed E-state index contributed by atoms with van der Waals surface area (Å²) in [6.07, 6.45) is 1.27. The first kappa shape index (κ1) is 11.9. The van der Waals surface area contributed by atoms with Crippen molar-refractivity contribution in [2.75, 3.05) is 0 Å². The molecule has 1 aliphatic rings. The first-order valence-corrected chi connectivity index (χ1v) is 6.19. The van der Waals surface area contributed by atoms with Gasteiger partial charge in [0.15, 0.2) is 0 Å². The van der Waals surface area contributed by atoms with Gasteiger partial charge in [0.2, 0.25) is 5.28 Å². The molecule has 0 aromatic carbocycles. The van der Waals surface area contributed by atoms with Gasteiger partial charge in [-0.15, -0.1) is 10.2 Å². The van der Waals surface area contributed by atoms with E-state index in [1.807, 2.05) is 0 Å². The predicted molar refractivity (Wildman–Crippen MR) is 65.6 cm³/mol. The lowest BCUT2D eigenvalue weighted by molar-refractivity contribution is 0.449. The minimum atomic E-state index is -0.000821. The number of halogens is 1. The van der Waals surface area contributed by atoms with Gasteiger partial charge in [0.1, 0.15) is 5.82 Å². The van der Waals surface area contributed by atoms with Crippen molar-refractivity contribution in [1.82, 2.24) is 14.8 Å². The summed E-state index contributed by atoms with van der Waals surface area (Å²) >= 11 is 6.11. The van der Waals surface area contributed by atoms with Gasteiger partial charge in [-0.1, -0.05) is 34.6 Å². The van der Waals surface area contributed by atoms with Gasteiger partial charge in [0.25, 0.3) is 0 Å². The topological polar surface area (TPSA) is 30.7 Å². The second-order valence-electron chi connectivity index (χ2n) is 6.54. The molecule has 1 aliphatic carbocycles. The third kappa shape index (κ3) is 2.10. The van der Waals surface area contributed by atoms with Crippen LogP contribution < -0.4 is 0 Å².